The number of nitrogens with zero attached hydrogens (tertiary/aromatic N) is 2. The minimum Gasteiger partial charge on any atom is -0.339 e. The van der Waals surface area contributed by atoms with Gasteiger partial charge in [-0.25, -0.2) is 0 Å². The summed E-state index contributed by atoms with van der Waals surface area (Å²) in [7, 11) is 0. The van der Waals surface area contributed by atoms with Crippen molar-refractivity contribution in [2.45, 2.75) is 32.9 Å². The van der Waals surface area contributed by atoms with Crippen molar-refractivity contribution < 1.29 is 9.59 Å². The van der Waals surface area contributed by atoms with E-state index < -0.39 is 0 Å². The first-order chi connectivity index (χ1) is 13.0. The summed E-state index contributed by atoms with van der Waals surface area (Å²) in [6.07, 6.45) is 3.94. The van der Waals surface area contributed by atoms with Crippen LogP contribution in [0.15, 0.2) is 54.7 Å². The summed E-state index contributed by atoms with van der Waals surface area (Å²) >= 11 is 6.06. The van der Waals surface area contributed by atoms with Crippen molar-refractivity contribution >= 4 is 29.5 Å². The molecule has 1 atom stereocenters. The minimum atomic E-state index is -0.287. The maximum Gasteiger partial charge on any atom is 0.225 e. The molecule has 0 saturated carbocycles. The van der Waals surface area contributed by atoms with Crippen LogP contribution in [0.4, 0.5) is 0 Å². The molecule has 2 aromatic carbocycles. The summed E-state index contributed by atoms with van der Waals surface area (Å²) < 4.78 is 0. The van der Waals surface area contributed by atoms with Gasteiger partial charge in [-0.05, 0) is 41.8 Å². The Hall–Kier alpha value is -2.59. The Morgan fingerprint density at radius 3 is 2.63 bits per heavy atom. The zero-order chi connectivity index (χ0) is 19.4. The van der Waals surface area contributed by atoms with E-state index in [2.05, 4.69) is 0 Å². The Labute approximate surface area is 165 Å². The van der Waals surface area contributed by atoms with Crippen LogP contribution >= 0.6 is 11.6 Å². The van der Waals surface area contributed by atoms with Gasteiger partial charge in [0.2, 0.25) is 11.8 Å². The molecule has 0 aliphatic carbocycles. The fraction of sp³-hybridized carbons (Fsp3) is 0.273. The van der Waals surface area contributed by atoms with Crippen molar-refractivity contribution in [3.8, 4) is 0 Å². The van der Waals surface area contributed by atoms with E-state index in [0.29, 0.717) is 18.1 Å². The summed E-state index contributed by atoms with van der Waals surface area (Å²) in [4.78, 5) is 28.6. The van der Waals surface area contributed by atoms with Crippen molar-refractivity contribution in [3.05, 3.63) is 76.4 Å². The lowest BCUT2D eigenvalue weighted by Gasteiger charge is -2.33. The van der Waals surface area contributed by atoms with Gasteiger partial charge >= 0.3 is 0 Å². The van der Waals surface area contributed by atoms with Gasteiger partial charge in [-0.1, -0.05) is 48.0 Å². The first-order valence-electron chi connectivity index (χ1n) is 9.08. The Kier molecular flexibility index (Phi) is 5.97. The van der Waals surface area contributed by atoms with Crippen molar-refractivity contribution in [2.75, 3.05) is 6.54 Å². The van der Waals surface area contributed by atoms with E-state index in [1.165, 1.54) is 6.92 Å². The van der Waals surface area contributed by atoms with Crippen LogP contribution in [0.1, 0.15) is 43.0 Å². The Bertz CT molecular complexity index is 878. The van der Waals surface area contributed by atoms with Gasteiger partial charge in [0.15, 0.2) is 0 Å². The van der Waals surface area contributed by atoms with Gasteiger partial charge in [0.05, 0.1) is 12.5 Å². The fourth-order valence-electron chi connectivity index (χ4n) is 3.44. The highest BCUT2D eigenvalue weighted by molar-refractivity contribution is 6.30. The zero-order valence-corrected chi connectivity index (χ0v) is 16.3. The molecule has 0 aromatic heterocycles. The van der Waals surface area contributed by atoms with E-state index in [1.54, 1.807) is 16.0 Å². The minimum absolute atomic E-state index is 0.0128. The third-order valence-electron chi connectivity index (χ3n) is 4.83. The van der Waals surface area contributed by atoms with Crippen LogP contribution in [-0.4, -0.2) is 28.2 Å². The van der Waals surface area contributed by atoms with E-state index in [1.807, 2.05) is 61.5 Å². The molecule has 0 bridgehead atoms. The number of rotatable bonds is 5. The van der Waals surface area contributed by atoms with Crippen LogP contribution in [0.2, 0.25) is 5.02 Å². The normalized spacial score (nSPS) is 15.4. The highest BCUT2D eigenvalue weighted by atomic mass is 35.5. The number of carbonyl (C=O) groups is 2. The van der Waals surface area contributed by atoms with Crippen molar-refractivity contribution in [1.82, 2.24) is 9.80 Å². The Balaban J connectivity index is 1.81. The number of hydrogen-bond acceptors (Lipinski definition) is 2. The molecule has 0 spiro atoms. The zero-order valence-electron chi connectivity index (χ0n) is 15.6. The maximum absolute atomic E-state index is 13.0. The lowest BCUT2D eigenvalue weighted by atomic mass is 9.93. The molecule has 140 valence electrons. The second-order valence-electron chi connectivity index (χ2n) is 6.63. The van der Waals surface area contributed by atoms with E-state index in [9.17, 15) is 9.59 Å². The van der Waals surface area contributed by atoms with E-state index >= 15 is 0 Å². The largest absolute Gasteiger partial charge is 0.339 e. The molecule has 1 aliphatic heterocycles. The predicted octanol–water partition coefficient (Wildman–Crippen LogP) is 4.65. The topological polar surface area (TPSA) is 40.6 Å². The number of carbonyl (C=O) groups excluding carboxylic acids is 2. The molecule has 3 rings (SSSR count). The fourth-order valence-corrected chi connectivity index (χ4v) is 3.65. The standard InChI is InChI=1S/C22H23ClN2O2/c1-3-24(15-17-7-6-9-19(23)13-17)22(27)14-21-20-10-5-4-8-18(20)11-12-25(21)16(2)26/h4-13,21H,3,14-15H2,1-2H3. The quantitative estimate of drug-likeness (QED) is 0.755. The van der Waals surface area contributed by atoms with Crippen LogP contribution in [0.25, 0.3) is 6.08 Å². The number of hydrogen-bond donors (Lipinski definition) is 0. The molecule has 2 amide bonds. The van der Waals surface area contributed by atoms with Crippen LogP contribution < -0.4 is 0 Å². The molecular weight excluding hydrogens is 360 g/mol. The average Bonchev–Trinajstić information content (AvgIpc) is 2.66. The second kappa shape index (κ2) is 8.40. The summed E-state index contributed by atoms with van der Waals surface area (Å²) in [6, 6.07) is 15.1. The molecule has 1 unspecified atom stereocenters. The van der Waals surface area contributed by atoms with E-state index in [4.69, 9.17) is 11.6 Å². The van der Waals surface area contributed by atoms with E-state index in [0.717, 1.165) is 16.7 Å². The smallest absolute Gasteiger partial charge is 0.225 e. The van der Waals surface area contributed by atoms with Crippen LogP contribution in [0, 0.1) is 0 Å². The summed E-state index contributed by atoms with van der Waals surface area (Å²) in [5, 5.41) is 0.658. The van der Waals surface area contributed by atoms with Gasteiger partial charge < -0.3 is 9.80 Å². The highest BCUT2D eigenvalue weighted by Gasteiger charge is 2.29. The molecular formula is C22H23ClN2O2. The first kappa shape index (κ1) is 19.2. The first-order valence-corrected chi connectivity index (χ1v) is 9.45. The molecule has 2 aromatic rings. The van der Waals surface area contributed by atoms with Crippen LogP contribution in [0.3, 0.4) is 0 Å². The number of benzene rings is 2. The summed E-state index contributed by atoms with van der Waals surface area (Å²) in [5.41, 5.74) is 3.04. The lowest BCUT2D eigenvalue weighted by Crippen LogP contribution is -2.37. The summed E-state index contributed by atoms with van der Waals surface area (Å²) in [5.74, 6) is -0.0599. The lowest BCUT2D eigenvalue weighted by molar-refractivity contribution is -0.135. The number of amides is 2. The Morgan fingerprint density at radius 2 is 1.93 bits per heavy atom. The van der Waals surface area contributed by atoms with Gasteiger partial charge in [-0.15, -0.1) is 0 Å². The highest BCUT2D eigenvalue weighted by Crippen LogP contribution is 2.33. The second-order valence-corrected chi connectivity index (χ2v) is 7.07. The molecule has 4 nitrogen and oxygen atoms in total. The van der Waals surface area contributed by atoms with Crippen LogP contribution in [0.5, 0.6) is 0 Å². The monoisotopic (exact) mass is 382 g/mol. The number of fused-ring (bicyclic) bond motifs is 1. The third-order valence-corrected chi connectivity index (χ3v) is 5.07. The molecule has 0 N–H and O–H groups in total. The molecule has 0 radical (unpaired) electrons. The third kappa shape index (κ3) is 4.40. The average molecular weight is 383 g/mol. The molecule has 27 heavy (non-hydrogen) atoms. The maximum atomic E-state index is 13.0. The molecule has 0 saturated heterocycles. The van der Waals surface area contributed by atoms with Crippen molar-refractivity contribution in [1.29, 1.82) is 0 Å². The van der Waals surface area contributed by atoms with Crippen molar-refractivity contribution in [3.63, 3.8) is 0 Å². The van der Waals surface area contributed by atoms with Crippen molar-refractivity contribution in [2.24, 2.45) is 0 Å². The molecule has 5 heteroatoms. The SMILES string of the molecule is CCN(Cc1cccc(Cl)c1)C(=O)CC1c2ccccc2C=CN1C(C)=O. The van der Waals surface area contributed by atoms with Gasteiger partial charge in [-0.3, -0.25) is 9.59 Å². The van der Waals surface area contributed by atoms with Gasteiger partial charge in [0.1, 0.15) is 0 Å². The predicted molar refractivity (Wildman–Crippen MR) is 108 cm³/mol. The molecule has 0 fully saturated rings. The van der Waals surface area contributed by atoms with Crippen LogP contribution in [-0.2, 0) is 16.1 Å². The van der Waals surface area contributed by atoms with Gasteiger partial charge in [0, 0.05) is 31.2 Å². The van der Waals surface area contributed by atoms with Gasteiger partial charge in [-0.2, -0.15) is 0 Å². The van der Waals surface area contributed by atoms with Gasteiger partial charge in [0.25, 0.3) is 0 Å². The van der Waals surface area contributed by atoms with E-state index in [-0.39, 0.29) is 24.3 Å². The molecule has 1 heterocycles. The molecule has 1 aliphatic rings. The summed E-state index contributed by atoms with van der Waals surface area (Å²) in [6.45, 7) is 4.58. The number of halogens is 1. The Morgan fingerprint density at radius 1 is 1.15 bits per heavy atom.